The first-order valence-corrected chi connectivity index (χ1v) is 12.0. The molecule has 1 aliphatic rings. The summed E-state index contributed by atoms with van der Waals surface area (Å²) < 4.78 is 11.5. The Labute approximate surface area is 183 Å². The van der Waals surface area contributed by atoms with E-state index in [4.69, 9.17) is 9.26 Å². The number of thioether (sulfide) groups is 1. The van der Waals surface area contributed by atoms with Gasteiger partial charge < -0.3 is 10.1 Å². The molecule has 0 bridgehead atoms. The van der Waals surface area contributed by atoms with Gasteiger partial charge in [0.05, 0.1) is 17.4 Å². The van der Waals surface area contributed by atoms with Crippen LogP contribution >= 0.6 is 23.1 Å². The molecule has 0 saturated heterocycles. The van der Waals surface area contributed by atoms with Crippen molar-refractivity contribution in [2.45, 2.75) is 69.1 Å². The number of anilines is 1. The number of aromatic amines is 1. The third kappa shape index (κ3) is 4.97. The van der Waals surface area contributed by atoms with Crippen LogP contribution in [0.25, 0.3) is 0 Å². The molecular weight excluding hydrogens is 426 g/mol. The minimum absolute atomic E-state index is 0.247. The van der Waals surface area contributed by atoms with E-state index in [1.54, 1.807) is 14.0 Å². The molecule has 0 spiro atoms. The van der Waals surface area contributed by atoms with Gasteiger partial charge in [-0.1, -0.05) is 24.4 Å². The van der Waals surface area contributed by atoms with Crippen molar-refractivity contribution in [1.29, 1.82) is 0 Å². The first kappa shape index (κ1) is 22.6. The van der Waals surface area contributed by atoms with Gasteiger partial charge in [0.2, 0.25) is 5.91 Å². The van der Waals surface area contributed by atoms with Crippen LogP contribution in [-0.2, 0) is 29.4 Å². The Balaban J connectivity index is 1.88. The highest BCUT2D eigenvalue weighted by Crippen LogP contribution is 2.38. The Kier molecular flexibility index (Phi) is 7.76. The van der Waals surface area contributed by atoms with Crippen molar-refractivity contribution >= 4 is 40.0 Å². The predicted octanol–water partition coefficient (Wildman–Crippen LogP) is 3.20. The van der Waals surface area contributed by atoms with Gasteiger partial charge in [-0.25, -0.2) is 9.59 Å². The normalized spacial score (nSPS) is 15.0. The molecule has 0 aromatic carbocycles. The number of nitrogens with one attached hydrogen (secondary N) is 2. The van der Waals surface area contributed by atoms with Crippen LogP contribution < -0.4 is 15.6 Å². The minimum atomic E-state index is -0.514. The van der Waals surface area contributed by atoms with Gasteiger partial charge in [0, 0.05) is 4.88 Å². The molecule has 2 aromatic rings. The maximum Gasteiger partial charge on any atom is 0.441 e. The van der Waals surface area contributed by atoms with Crippen LogP contribution in [-0.4, -0.2) is 29.0 Å². The lowest BCUT2D eigenvalue weighted by Crippen LogP contribution is -2.35. The number of amides is 1. The van der Waals surface area contributed by atoms with Crippen LogP contribution in [0.4, 0.5) is 5.00 Å². The molecule has 0 aliphatic heterocycles. The molecule has 1 amide bonds. The van der Waals surface area contributed by atoms with Crippen molar-refractivity contribution in [3.63, 3.8) is 0 Å². The van der Waals surface area contributed by atoms with E-state index in [1.807, 2.05) is 6.92 Å². The van der Waals surface area contributed by atoms with Crippen molar-refractivity contribution in [2.24, 2.45) is 7.05 Å². The molecule has 0 radical (unpaired) electrons. The van der Waals surface area contributed by atoms with Crippen LogP contribution in [0.3, 0.4) is 0 Å². The molecule has 3 rings (SSSR count). The highest BCUT2D eigenvalue weighted by Gasteiger charge is 2.31. The molecule has 10 heteroatoms. The SMILES string of the molecule is CCOC(=O)c1c(NC(=O)C(CC)Sc2c(=O)o[nH][n+]2C)sc2c1CCCCCC2. The summed E-state index contributed by atoms with van der Waals surface area (Å²) in [6.45, 7) is 3.94. The molecule has 0 fully saturated rings. The third-order valence-corrected chi connectivity index (χ3v) is 7.76. The van der Waals surface area contributed by atoms with Crippen LogP contribution in [0.15, 0.2) is 14.3 Å². The van der Waals surface area contributed by atoms with E-state index in [1.165, 1.54) is 22.4 Å². The van der Waals surface area contributed by atoms with Gasteiger partial charge in [0.1, 0.15) is 5.00 Å². The topological polar surface area (TPSA) is 105 Å². The Bertz CT molecular complexity index is 962. The number of ether oxygens (including phenoxy) is 1. The van der Waals surface area contributed by atoms with Gasteiger partial charge in [0.15, 0.2) is 7.05 Å². The lowest BCUT2D eigenvalue weighted by Gasteiger charge is -2.13. The summed E-state index contributed by atoms with van der Waals surface area (Å²) in [5.41, 5.74) is 1.01. The molecule has 1 atom stereocenters. The quantitative estimate of drug-likeness (QED) is 0.378. The van der Waals surface area contributed by atoms with Gasteiger partial charge in [-0.2, -0.15) is 0 Å². The zero-order chi connectivity index (χ0) is 21.7. The van der Waals surface area contributed by atoms with Gasteiger partial charge in [0.25, 0.3) is 0 Å². The van der Waals surface area contributed by atoms with Crippen LogP contribution in [0.5, 0.6) is 0 Å². The van der Waals surface area contributed by atoms with E-state index in [-0.39, 0.29) is 18.5 Å². The fourth-order valence-electron chi connectivity index (χ4n) is 3.54. The van der Waals surface area contributed by atoms with Gasteiger partial charge >= 0.3 is 16.6 Å². The monoisotopic (exact) mass is 454 g/mol. The maximum atomic E-state index is 13.0. The number of carbonyl (C=O) groups excluding carboxylic acids is 2. The average molecular weight is 455 g/mol. The van der Waals surface area contributed by atoms with Gasteiger partial charge in [-0.15, -0.1) is 11.3 Å². The highest BCUT2D eigenvalue weighted by atomic mass is 32.2. The second-order valence-corrected chi connectivity index (χ2v) is 9.49. The molecule has 1 aliphatic carbocycles. The lowest BCUT2D eigenvalue weighted by atomic mass is 9.96. The second kappa shape index (κ2) is 10.3. The number of H-pyrrole nitrogens is 1. The molecule has 2 N–H and O–H groups in total. The molecule has 30 heavy (non-hydrogen) atoms. The number of hydrogen-bond donors (Lipinski definition) is 2. The van der Waals surface area contributed by atoms with Gasteiger partial charge in [-0.3, -0.25) is 9.32 Å². The minimum Gasteiger partial charge on any atom is -0.462 e. The van der Waals surface area contributed by atoms with Crippen molar-refractivity contribution in [2.75, 3.05) is 11.9 Å². The number of nitrogens with zero attached hydrogens (tertiary/aromatic N) is 1. The Morgan fingerprint density at radius 3 is 2.63 bits per heavy atom. The van der Waals surface area contributed by atoms with E-state index in [9.17, 15) is 14.4 Å². The van der Waals surface area contributed by atoms with Crippen molar-refractivity contribution in [3.05, 3.63) is 26.4 Å². The fraction of sp³-hybridized carbons (Fsp3) is 0.600. The lowest BCUT2D eigenvalue weighted by molar-refractivity contribution is -0.772. The molecule has 164 valence electrons. The number of aromatic nitrogens is 2. The Hall–Kier alpha value is -2.07. The number of thiophene rings is 1. The standard InChI is InChI=1S/C20H27N3O5S2/c1-4-13(30-18-20(26)28-22-23(18)3)16(24)21-17-15(19(25)27-5-2)12-10-8-6-7-9-11-14(12)29-17/h13H,4-11H2,1-3H3,(H-,21,22,24,25,26)/p+1. The van der Waals surface area contributed by atoms with Crippen LogP contribution in [0, 0.1) is 0 Å². The number of carbonyl (C=O) groups is 2. The number of esters is 1. The van der Waals surface area contributed by atoms with E-state index >= 15 is 0 Å². The molecular formula is C20H28N3O5S2+. The molecule has 1 unspecified atom stereocenters. The number of rotatable bonds is 7. The van der Waals surface area contributed by atoms with Crippen LogP contribution in [0.2, 0.25) is 0 Å². The third-order valence-electron chi connectivity index (χ3n) is 5.06. The Morgan fingerprint density at radius 1 is 1.27 bits per heavy atom. The summed E-state index contributed by atoms with van der Waals surface area (Å²) in [6.07, 6.45) is 6.67. The molecule has 2 aromatic heterocycles. The summed E-state index contributed by atoms with van der Waals surface area (Å²) in [6, 6.07) is 0. The zero-order valence-corrected chi connectivity index (χ0v) is 19.2. The smallest absolute Gasteiger partial charge is 0.441 e. The zero-order valence-electron chi connectivity index (χ0n) is 17.5. The largest absolute Gasteiger partial charge is 0.462 e. The summed E-state index contributed by atoms with van der Waals surface area (Å²) in [4.78, 5) is 38.8. The maximum absolute atomic E-state index is 13.0. The summed E-state index contributed by atoms with van der Waals surface area (Å²) in [7, 11) is 1.65. The highest BCUT2D eigenvalue weighted by molar-refractivity contribution is 8.00. The second-order valence-electron chi connectivity index (χ2n) is 7.19. The van der Waals surface area contributed by atoms with E-state index in [0.717, 1.165) is 54.3 Å². The molecule has 8 nitrogen and oxygen atoms in total. The average Bonchev–Trinajstić information content (AvgIpc) is 3.19. The first-order valence-electron chi connectivity index (χ1n) is 10.3. The summed E-state index contributed by atoms with van der Waals surface area (Å²) in [5.74, 6) is -0.632. The van der Waals surface area contributed by atoms with Gasteiger partial charge in [-0.05, 0) is 61.6 Å². The van der Waals surface area contributed by atoms with E-state index in [0.29, 0.717) is 22.0 Å². The number of hydrogen-bond acceptors (Lipinski definition) is 7. The van der Waals surface area contributed by atoms with Crippen LogP contribution in [0.1, 0.15) is 66.8 Å². The van der Waals surface area contributed by atoms with E-state index in [2.05, 4.69) is 10.6 Å². The first-order chi connectivity index (χ1) is 14.5. The summed E-state index contributed by atoms with van der Waals surface area (Å²) >= 11 is 2.62. The van der Waals surface area contributed by atoms with Crippen molar-refractivity contribution in [1.82, 2.24) is 5.27 Å². The summed E-state index contributed by atoms with van der Waals surface area (Å²) in [5, 5.41) is 5.78. The molecule has 2 heterocycles. The van der Waals surface area contributed by atoms with Crippen molar-refractivity contribution < 1.29 is 23.5 Å². The number of aryl methyl sites for hydroxylation is 2. The number of fused-ring (bicyclic) bond motifs is 1. The fourth-order valence-corrected chi connectivity index (χ4v) is 5.75. The predicted molar refractivity (Wildman–Crippen MR) is 115 cm³/mol. The van der Waals surface area contributed by atoms with E-state index < -0.39 is 10.9 Å². The van der Waals surface area contributed by atoms with Crippen molar-refractivity contribution in [3.8, 4) is 0 Å². The Morgan fingerprint density at radius 2 is 2.00 bits per heavy atom. The molecule has 0 saturated carbocycles.